The van der Waals surface area contributed by atoms with Crippen molar-refractivity contribution in [3.8, 4) is 0 Å². The molecule has 0 aliphatic carbocycles. The molecule has 0 aliphatic heterocycles. The summed E-state index contributed by atoms with van der Waals surface area (Å²) in [7, 11) is 0. The number of anilines is 1. The van der Waals surface area contributed by atoms with Crippen LogP contribution in [0, 0.1) is 0 Å². The molecule has 6 heteroatoms. The highest BCUT2D eigenvalue weighted by atomic mass is 79.9. The molecule has 0 aliphatic rings. The second kappa shape index (κ2) is 5.67. The van der Waals surface area contributed by atoms with Gasteiger partial charge in [0.1, 0.15) is 0 Å². The maximum absolute atomic E-state index is 11.2. The van der Waals surface area contributed by atoms with E-state index in [1.165, 1.54) is 0 Å². The molecule has 84 valence electrons. The monoisotopic (exact) mass is 302 g/mol. The first-order valence-electron chi connectivity index (χ1n) is 4.14. The van der Waals surface area contributed by atoms with Gasteiger partial charge in [0.05, 0.1) is 11.7 Å². The van der Waals surface area contributed by atoms with Gasteiger partial charge in [-0.3, -0.25) is 4.79 Å². The Kier molecular flexibility index (Phi) is 4.52. The van der Waals surface area contributed by atoms with Crippen LogP contribution in [-0.2, 0) is 9.59 Å². The molecule has 0 saturated heterocycles. The Hall–Kier alpha value is -1.33. The van der Waals surface area contributed by atoms with E-state index in [4.69, 9.17) is 11.6 Å². The lowest BCUT2D eigenvalue weighted by atomic mass is 10.3. The number of amides is 1. The number of halogens is 2. The largest absolute Gasteiger partial charge is 0.545 e. The molecule has 0 fully saturated rings. The quantitative estimate of drug-likeness (QED) is 0.857. The molecule has 1 aromatic rings. The Morgan fingerprint density at radius 1 is 1.38 bits per heavy atom. The fourth-order valence-electron chi connectivity index (χ4n) is 0.909. The summed E-state index contributed by atoms with van der Waals surface area (Å²) in [6.07, 6.45) is 1.52. The molecule has 1 N–H and O–H groups in total. The lowest BCUT2D eigenvalue weighted by molar-refractivity contribution is -0.297. The Labute approximate surface area is 105 Å². The van der Waals surface area contributed by atoms with Gasteiger partial charge in [0, 0.05) is 15.6 Å². The van der Waals surface area contributed by atoms with Crippen molar-refractivity contribution in [3.63, 3.8) is 0 Å². The zero-order valence-electron chi connectivity index (χ0n) is 7.87. The average molecular weight is 304 g/mol. The minimum atomic E-state index is -1.43. The normalized spacial score (nSPS) is 10.4. The van der Waals surface area contributed by atoms with E-state index in [0.29, 0.717) is 21.3 Å². The zero-order valence-corrected chi connectivity index (χ0v) is 10.2. The van der Waals surface area contributed by atoms with Crippen LogP contribution in [0.15, 0.2) is 34.8 Å². The molecule has 0 saturated carbocycles. The van der Waals surface area contributed by atoms with Crippen molar-refractivity contribution in [3.05, 3.63) is 39.8 Å². The molecule has 0 bridgehead atoms. The van der Waals surface area contributed by atoms with E-state index >= 15 is 0 Å². The Balaban J connectivity index is 2.73. The Morgan fingerprint density at radius 2 is 2.06 bits per heavy atom. The number of hydrogen-bond donors (Lipinski definition) is 1. The highest BCUT2D eigenvalue weighted by molar-refractivity contribution is 9.10. The van der Waals surface area contributed by atoms with Gasteiger partial charge in [-0.1, -0.05) is 11.6 Å². The molecule has 0 heterocycles. The van der Waals surface area contributed by atoms with Gasteiger partial charge in [0.15, 0.2) is 0 Å². The van der Waals surface area contributed by atoms with Crippen molar-refractivity contribution in [1.82, 2.24) is 0 Å². The van der Waals surface area contributed by atoms with E-state index in [0.717, 1.165) is 6.08 Å². The molecule has 0 atom stereocenters. The van der Waals surface area contributed by atoms with Crippen LogP contribution in [0.25, 0.3) is 0 Å². The third kappa shape index (κ3) is 4.04. The maximum atomic E-state index is 11.2. The average Bonchev–Trinajstić information content (AvgIpc) is 2.19. The van der Waals surface area contributed by atoms with Crippen molar-refractivity contribution in [1.29, 1.82) is 0 Å². The number of nitrogens with one attached hydrogen (secondary N) is 1. The number of benzene rings is 1. The third-order valence-electron chi connectivity index (χ3n) is 1.56. The number of carboxylic acids is 1. The summed E-state index contributed by atoms with van der Waals surface area (Å²) in [5.74, 6) is -1.99. The minimum absolute atomic E-state index is 0.498. The van der Waals surface area contributed by atoms with Crippen LogP contribution in [0.4, 0.5) is 5.69 Å². The lowest BCUT2D eigenvalue weighted by Gasteiger charge is -2.05. The Morgan fingerprint density at radius 3 is 2.62 bits per heavy atom. The number of rotatable bonds is 3. The van der Waals surface area contributed by atoms with E-state index in [1.54, 1.807) is 18.2 Å². The molecular formula is C10H6BrClNO3-. The first-order valence-corrected chi connectivity index (χ1v) is 5.31. The highest BCUT2D eigenvalue weighted by Gasteiger charge is 2.02. The van der Waals surface area contributed by atoms with Gasteiger partial charge in [0.2, 0.25) is 5.91 Å². The summed E-state index contributed by atoms with van der Waals surface area (Å²) < 4.78 is 0.607. The smallest absolute Gasteiger partial charge is 0.248 e. The first-order chi connectivity index (χ1) is 7.49. The predicted molar refractivity (Wildman–Crippen MR) is 61.9 cm³/mol. The highest BCUT2D eigenvalue weighted by Crippen LogP contribution is 2.25. The second-order valence-corrected chi connectivity index (χ2v) is 4.06. The van der Waals surface area contributed by atoms with Gasteiger partial charge < -0.3 is 15.2 Å². The van der Waals surface area contributed by atoms with Crippen molar-refractivity contribution in [2.75, 3.05) is 5.32 Å². The number of aliphatic carboxylic acids is 1. The van der Waals surface area contributed by atoms with Gasteiger partial charge in [0.25, 0.3) is 0 Å². The standard InChI is InChI=1S/C10H7BrClNO3/c11-7-5-6(12)1-2-8(7)13-9(14)3-4-10(15)16/h1-5H,(H,13,14)(H,15,16)/p-1/b4-3+. The van der Waals surface area contributed by atoms with Crippen LogP contribution in [0.1, 0.15) is 0 Å². The Bertz CT molecular complexity index is 459. The number of hydrogen-bond acceptors (Lipinski definition) is 3. The SMILES string of the molecule is O=C([O-])/C=C/C(=O)Nc1ccc(Cl)cc1Br. The fourth-order valence-corrected chi connectivity index (χ4v) is 1.69. The molecule has 0 aromatic heterocycles. The number of carbonyl (C=O) groups excluding carboxylic acids is 2. The van der Waals surface area contributed by atoms with Crippen molar-refractivity contribution >= 4 is 45.1 Å². The van der Waals surface area contributed by atoms with Crippen LogP contribution in [0.5, 0.6) is 0 Å². The van der Waals surface area contributed by atoms with Crippen LogP contribution >= 0.6 is 27.5 Å². The summed E-state index contributed by atoms with van der Waals surface area (Å²) in [5.41, 5.74) is 0.498. The molecular weight excluding hydrogens is 297 g/mol. The van der Waals surface area contributed by atoms with Crippen LogP contribution in [-0.4, -0.2) is 11.9 Å². The summed E-state index contributed by atoms with van der Waals surface area (Å²) in [6, 6.07) is 4.81. The molecule has 0 spiro atoms. The van der Waals surface area contributed by atoms with Gasteiger partial charge in [-0.2, -0.15) is 0 Å². The maximum Gasteiger partial charge on any atom is 0.248 e. The lowest BCUT2D eigenvalue weighted by Crippen LogP contribution is -2.20. The molecule has 16 heavy (non-hydrogen) atoms. The second-order valence-electron chi connectivity index (χ2n) is 2.77. The van der Waals surface area contributed by atoms with Gasteiger partial charge in [-0.05, 0) is 40.2 Å². The van der Waals surface area contributed by atoms with Crippen molar-refractivity contribution < 1.29 is 14.7 Å². The van der Waals surface area contributed by atoms with Crippen molar-refractivity contribution in [2.45, 2.75) is 0 Å². The summed E-state index contributed by atoms with van der Waals surface area (Å²) in [4.78, 5) is 21.3. The molecule has 4 nitrogen and oxygen atoms in total. The van der Waals surface area contributed by atoms with Crippen LogP contribution in [0.3, 0.4) is 0 Å². The molecule has 0 unspecified atom stereocenters. The van der Waals surface area contributed by atoms with Gasteiger partial charge >= 0.3 is 0 Å². The molecule has 1 aromatic carbocycles. The van der Waals surface area contributed by atoms with E-state index in [2.05, 4.69) is 21.2 Å². The van der Waals surface area contributed by atoms with E-state index in [-0.39, 0.29) is 0 Å². The van der Waals surface area contributed by atoms with E-state index in [1.807, 2.05) is 0 Å². The number of carbonyl (C=O) groups is 2. The zero-order chi connectivity index (χ0) is 12.1. The van der Waals surface area contributed by atoms with Crippen molar-refractivity contribution in [2.24, 2.45) is 0 Å². The molecule has 0 radical (unpaired) electrons. The fraction of sp³-hybridized carbons (Fsp3) is 0. The predicted octanol–water partition coefficient (Wildman–Crippen LogP) is 1.35. The first kappa shape index (κ1) is 12.7. The number of carboxylic acid groups (broad SMARTS) is 1. The third-order valence-corrected chi connectivity index (χ3v) is 2.45. The van der Waals surface area contributed by atoms with E-state index < -0.39 is 11.9 Å². The van der Waals surface area contributed by atoms with Gasteiger partial charge in [-0.25, -0.2) is 0 Å². The summed E-state index contributed by atoms with van der Waals surface area (Å²) >= 11 is 8.92. The van der Waals surface area contributed by atoms with Gasteiger partial charge in [-0.15, -0.1) is 0 Å². The molecule has 1 amide bonds. The minimum Gasteiger partial charge on any atom is -0.545 e. The summed E-state index contributed by atoms with van der Waals surface area (Å²) in [6.45, 7) is 0. The van der Waals surface area contributed by atoms with Crippen LogP contribution < -0.4 is 10.4 Å². The van der Waals surface area contributed by atoms with Crippen LogP contribution in [0.2, 0.25) is 5.02 Å². The molecule has 1 rings (SSSR count). The van der Waals surface area contributed by atoms with E-state index in [9.17, 15) is 14.7 Å². The summed E-state index contributed by atoms with van der Waals surface area (Å²) in [5, 5.41) is 13.1. The topological polar surface area (TPSA) is 69.2 Å².